The lowest BCUT2D eigenvalue weighted by molar-refractivity contribution is 0.122. The maximum Gasteiger partial charge on any atom is 0.0823 e. The molecular weight excluding hydrogens is 168 g/mol. The van der Waals surface area contributed by atoms with E-state index in [9.17, 15) is 0 Å². The Kier molecular flexibility index (Phi) is 2.27. The molecule has 1 aromatic heterocycles. The molecule has 1 aliphatic rings. The third-order valence-corrected chi connectivity index (χ3v) is 2.09. The summed E-state index contributed by atoms with van der Waals surface area (Å²) in [7, 11) is 0. The summed E-state index contributed by atoms with van der Waals surface area (Å²) in [6.45, 7) is 3.25. The zero-order valence-corrected chi connectivity index (χ0v) is 7.31. The predicted octanol–water partition coefficient (Wildman–Crippen LogP) is -0.105. The molecule has 13 heavy (non-hydrogen) atoms. The maximum atomic E-state index is 5.77. The van der Waals surface area contributed by atoms with Gasteiger partial charge in [-0.05, 0) is 0 Å². The number of hydrogen-bond acceptors (Lipinski definition) is 5. The van der Waals surface area contributed by atoms with E-state index >= 15 is 0 Å². The van der Waals surface area contributed by atoms with Crippen LogP contribution in [-0.4, -0.2) is 36.5 Å². The molecule has 70 valence electrons. The molecule has 1 saturated heterocycles. The van der Waals surface area contributed by atoms with E-state index in [1.807, 2.05) is 0 Å². The number of aromatic nitrogens is 2. The van der Waals surface area contributed by atoms with Gasteiger partial charge in [0, 0.05) is 13.1 Å². The molecule has 0 aromatic carbocycles. The minimum atomic E-state index is 0.678. The van der Waals surface area contributed by atoms with Crippen LogP contribution < -0.4 is 10.6 Å². The van der Waals surface area contributed by atoms with E-state index < -0.39 is 0 Å². The topological polar surface area (TPSA) is 64.3 Å². The van der Waals surface area contributed by atoms with Gasteiger partial charge in [-0.1, -0.05) is 0 Å². The monoisotopic (exact) mass is 180 g/mol. The van der Waals surface area contributed by atoms with Gasteiger partial charge in [0.2, 0.25) is 0 Å². The number of hydrogen-bond donors (Lipinski definition) is 1. The van der Waals surface area contributed by atoms with Crippen LogP contribution in [0.15, 0.2) is 12.4 Å². The number of morpholine rings is 1. The quantitative estimate of drug-likeness (QED) is 0.653. The molecule has 2 rings (SSSR count). The van der Waals surface area contributed by atoms with Gasteiger partial charge in [0.25, 0.3) is 0 Å². The molecule has 0 unspecified atom stereocenters. The second-order valence-corrected chi connectivity index (χ2v) is 2.93. The number of nitrogens with zero attached hydrogens (tertiary/aromatic N) is 3. The zero-order chi connectivity index (χ0) is 9.10. The first-order chi connectivity index (χ1) is 6.38. The molecular formula is C8H12N4O. The first-order valence-electron chi connectivity index (χ1n) is 4.27. The molecule has 2 N–H and O–H groups in total. The third-order valence-electron chi connectivity index (χ3n) is 2.09. The van der Waals surface area contributed by atoms with E-state index in [4.69, 9.17) is 10.5 Å². The molecule has 1 aromatic rings. The van der Waals surface area contributed by atoms with E-state index in [1.54, 1.807) is 12.4 Å². The van der Waals surface area contributed by atoms with Crippen LogP contribution in [0.2, 0.25) is 0 Å². The van der Waals surface area contributed by atoms with Crippen LogP contribution in [0, 0.1) is 0 Å². The molecule has 0 saturated carbocycles. The summed E-state index contributed by atoms with van der Waals surface area (Å²) >= 11 is 0. The number of anilines is 2. The summed E-state index contributed by atoms with van der Waals surface area (Å²) in [4.78, 5) is 2.16. The molecule has 2 heterocycles. The summed E-state index contributed by atoms with van der Waals surface area (Å²) in [6.07, 6.45) is 3.27. The van der Waals surface area contributed by atoms with Crippen LogP contribution in [-0.2, 0) is 4.74 Å². The van der Waals surface area contributed by atoms with Crippen molar-refractivity contribution < 1.29 is 4.74 Å². The van der Waals surface area contributed by atoms with Crippen LogP contribution in [0.3, 0.4) is 0 Å². The number of nitrogen functional groups attached to an aromatic ring is 1. The molecule has 0 aliphatic carbocycles. The highest BCUT2D eigenvalue weighted by Crippen LogP contribution is 2.20. The average Bonchev–Trinajstić information content (AvgIpc) is 2.20. The van der Waals surface area contributed by atoms with Gasteiger partial charge in [-0.15, -0.1) is 0 Å². The SMILES string of the molecule is Nc1cnncc1N1CCOCC1. The van der Waals surface area contributed by atoms with Gasteiger partial charge in [-0.2, -0.15) is 10.2 Å². The highest BCUT2D eigenvalue weighted by atomic mass is 16.5. The van der Waals surface area contributed by atoms with Gasteiger partial charge in [0.15, 0.2) is 0 Å². The smallest absolute Gasteiger partial charge is 0.0823 e. The summed E-state index contributed by atoms with van der Waals surface area (Å²) in [5.74, 6) is 0. The zero-order valence-electron chi connectivity index (χ0n) is 7.31. The van der Waals surface area contributed by atoms with Gasteiger partial charge in [0.05, 0.1) is 37.0 Å². The van der Waals surface area contributed by atoms with Crippen LogP contribution in [0.1, 0.15) is 0 Å². The highest BCUT2D eigenvalue weighted by Gasteiger charge is 2.13. The van der Waals surface area contributed by atoms with Gasteiger partial charge >= 0.3 is 0 Å². The lowest BCUT2D eigenvalue weighted by Crippen LogP contribution is -2.36. The summed E-state index contributed by atoms with van der Waals surface area (Å²) in [6, 6.07) is 0. The predicted molar refractivity (Wildman–Crippen MR) is 49.5 cm³/mol. The number of ether oxygens (including phenoxy) is 1. The maximum absolute atomic E-state index is 5.77. The average molecular weight is 180 g/mol. The Morgan fingerprint density at radius 2 is 1.92 bits per heavy atom. The Hall–Kier alpha value is -1.36. The summed E-state index contributed by atoms with van der Waals surface area (Å²) in [5, 5.41) is 7.52. The Labute approximate surface area is 76.5 Å². The molecule has 0 radical (unpaired) electrons. The van der Waals surface area contributed by atoms with Gasteiger partial charge < -0.3 is 15.4 Å². The standard InChI is InChI=1S/C8H12N4O/c9-7-5-10-11-6-8(7)12-1-3-13-4-2-12/h5-6H,1-4H2,(H2,9,11). The molecule has 0 spiro atoms. The molecule has 5 nitrogen and oxygen atoms in total. The fraction of sp³-hybridized carbons (Fsp3) is 0.500. The van der Waals surface area contributed by atoms with E-state index in [0.29, 0.717) is 5.69 Å². The number of rotatable bonds is 1. The summed E-state index contributed by atoms with van der Waals surface area (Å²) in [5.41, 5.74) is 7.40. The summed E-state index contributed by atoms with van der Waals surface area (Å²) < 4.78 is 5.24. The Bertz CT molecular complexity index is 285. The molecule has 5 heteroatoms. The molecule has 0 bridgehead atoms. The first-order valence-corrected chi connectivity index (χ1v) is 4.27. The van der Waals surface area contributed by atoms with Crippen molar-refractivity contribution >= 4 is 11.4 Å². The third kappa shape index (κ3) is 1.70. The largest absolute Gasteiger partial charge is 0.396 e. The second kappa shape index (κ2) is 3.57. The Morgan fingerprint density at radius 3 is 2.62 bits per heavy atom. The van der Waals surface area contributed by atoms with Crippen molar-refractivity contribution in [1.82, 2.24) is 10.2 Å². The lowest BCUT2D eigenvalue weighted by atomic mass is 10.3. The molecule has 1 fully saturated rings. The van der Waals surface area contributed by atoms with Gasteiger partial charge in [0.1, 0.15) is 0 Å². The normalized spacial score (nSPS) is 17.4. The Morgan fingerprint density at radius 1 is 1.23 bits per heavy atom. The van der Waals surface area contributed by atoms with E-state index in [2.05, 4.69) is 15.1 Å². The molecule has 1 aliphatic heterocycles. The molecule has 0 amide bonds. The lowest BCUT2D eigenvalue weighted by Gasteiger charge is -2.29. The van der Waals surface area contributed by atoms with Crippen molar-refractivity contribution in [3.05, 3.63) is 12.4 Å². The fourth-order valence-electron chi connectivity index (χ4n) is 1.39. The van der Waals surface area contributed by atoms with Gasteiger partial charge in [-0.25, -0.2) is 0 Å². The second-order valence-electron chi connectivity index (χ2n) is 2.93. The van der Waals surface area contributed by atoms with E-state index in [-0.39, 0.29) is 0 Å². The van der Waals surface area contributed by atoms with E-state index in [1.165, 1.54) is 0 Å². The van der Waals surface area contributed by atoms with Crippen LogP contribution in [0.5, 0.6) is 0 Å². The van der Waals surface area contributed by atoms with Crippen molar-refractivity contribution in [3.8, 4) is 0 Å². The van der Waals surface area contributed by atoms with Crippen LogP contribution in [0.25, 0.3) is 0 Å². The fourth-order valence-corrected chi connectivity index (χ4v) is 1.39. The number of nitrogens with two attached hydrogens (primary N) is 1. The first kappa shape index (κ1) is 8.25. The highest BCUT2D eigenvalue weighted by molar-refractivity contribution is 5.64. The minimum Gasteiger partial charge on any atom is -0.396 e. The van der Waals surface area contributed by atoms with Crippen LogP contribution in [0.4, 0.5) is 11.4 Å². The van der Waals surface area contributed by atoms with Crippen molar-refractivity contribution in [3.63, 3.8) is 0 Å². The van der Waals surface area contributed by atoms with Crippen molar-refractivity contribution in [2.24, 2.45) is 0 Å². The van der Waals surface area contributed by atoms with Crippen molar-refractivity contribution in [1.29, 1.82) is 0 Å². The Balaban J connectivity index is 2.18. The van der Waals surface area contributed by atoms with Gasteiger partial charge in [-0.3, -0.25) is 0 Å². The van der Waals surface area contributed by atoms with Crippen molar-refractivity contribution in [2.75, 3.05) is 36.9 Å². The van der Waals surface area contributed by atoms with E-state index in [0.717, 1.165) is 32.0 Å². The minimum absolute atomic E-state index is 0.678. The van der Waals surface area contributed by atoms with Crippen LogP contribution >= 0.6 is 0 Å². The van der Waals surface area contributed by atoms with Crippen molar-refractivity contribution in [2.45, 2.75) is 0 Å². The molecule has 0 atom stereocenters.